The number of carbonyl (C=O) groups is 1. The molecule has 22 heavy (non-hydrogen) atoms. The van der Waals surface area contributed by atoms with Crippen molar-refractivity contribution in [3.8, 4) is 0 Å². The number of hydrogen-bond acceptors (Lipinski definition) is 5. The van der Waals surface area contributed by atoms with Crippen molar-refractivity contribution < 1.29 is 14.4 Å². The Bertz CT molecular complexity index is 691. The Morgan fingerprint density at radius 2 is 2.32 bits per heavy atom. The smallest absolute Gasteiger partial charge is 0.259 e. The van der Waals surface area contributed by atoms with Crippen molar-refractivity contribution >= 4 is 17.0 Å². The molecular weight excluding hydrogens is 282 g/mol. The van der Waals surface area contributed by atoms with Gasteiger partial charge in [-0.1, -0.05) is 12.1 Å². The Morgan fingerprint density at radius 3 is 3.00 bits per heavy atom. The molecule has 0 spiro atoms. The van der Waals surface area contributed by atoms with Gasteiger partial charge in [-0.2, -0.15) is 0 Å². The van der Waals surface area contributed by atoms with Crippen LogP contribution in [0.4, 0.5) is 0 Å². The topological polar surface area (TPSA) is 88.2 Å². The van der Waals surface area contributed by atoms with Crippen LogP contribution in [0.1, 0.15) is 60.3 Å². The first-order valence-corrected chi connectivity index (χ1v) is 7.83. The van der Waals surface area contributed by atoms with E-state index in [4.69, 9.17) is 4.52 Å². The summed E-state index contributed by atoms with van der Waals surface area (Å²) >= 11 is 0. The van der Waals surface area contributed by atoms with Gasteiger partial charge in [-0.15, -0.1) is 0 Å². The SMILES string of the molecule is CCC(O)CCNC(=O)c1cc(C2CC2)nc2onc(C)c12. The Morgan fingerprint density at radius 1 is 1.55 bits per heavy atom. The van der Waals surface area contributed by atoms with Gasteiger partial charge in [0.05, 0.1) is 22.7 Å². The Balaban J connectivity index is 1.84. The van der Waals surface area contributed by atoms with Crippen molar-refractivity contribution in [2.45, 2.75) is 51.6 Å². The van der Waals surface area contributed by atoms with Gasteiger partial charge in [-0.25, -0.2) is 4.98 Å². The minimum absolute atomic E-state index is 0.163. The molecule has 1 aliphatic carbocycles. The summed E-state index contributed by atoms with van der Waals surface area (Å²) in [7, 11) is 0. The van der Waals surface area contributed by atoms with Crippen LogP contribution in [0.5, 0.6) is 0 Å². The highest BCUT2D eigenvalue weighted by atomic mass is 16.5. The summed E-state index contributed by atoms with van der Waals surface area (Å²) in [5, 5.41) is 17.0. The minimum Gasteiger partial charge on any atom is -0.393 e. The van der Waals surface area contributed by atoms with Gasteiger partial charge in [0.15, 0.2) is 0 Å². The third-order valence-electron chi connectivity index (χ3n) is 4.11. The molecule has 6 nitrogen and oxygen atoms in total. The summed E-state index contributed by atoms with van der Waals surface area (Å²) in [6.45, 7) is 4.17. The zero-order valence-electron chi connectivity index (χ0n) is 12.9. The van der Waals surface area contributed by atoms with E-state index >= 15 is 0 Å². The molecule has 1 amide bonds. The van der Waals surface area contributed by atoms with Gasteiger partial charge in [0, 0.05) is 18.2 Å². The predicted molar refractivity (Wildman–Crippen MR) is 81.8 cm³/mol. The Hall–Kier alpha value is -1.95. The number of hydrogen-bond donors (Lipinski definition) is 2. The summed E-state index contributed by atoms with van der Waals surface area (Å²) in [5.74, 6) is 0.271. The molecule has 1 aliphatic rings. The van der Waals surface area contributed by atoms with E-state index in [1.807, 2.05) is 19.9 Å². The number of aliphatic hydroxyl groups excluding tert-OH is 1. The van der Waals surface area contributed by atoms with Crippen LogP contribution >= 0.6 is 0 Å². The molecule has 0 saturated heterocycles. The van der Waals surface area contributed by atoms with Crippen LogP contribution in [0.2, 0.25) is 0 Å². The quantitative estimate of drug-likeness (QED) is 0.855. The van der Waals surface area contributed by atoms with Crippen molar-refractivity contribution in [1.82, 2.24) is 15.5 Å². The van der Waals surface area contributed by atoms with Gasteiger partial charge >= 0.3 is 0 Å². The van der Waals surface area contributed by atoms with Crippen molar-refractivity contribution in [2.75, 3.05) is 6.54 Å². The Kier molecular flexibility index (Phi) is 4.11. The van der Waals surface area contributed by atoms with Crippen LogP contribution in [0.15, 0.2) is 10.6 Å². The average molecular weight is 303 g/mol. The number of fused-ring (bicyclic) bond motifs is 1. The maximum absolute atomic E-state index is 12.5. The highest BCUT2D eigenvalue weighted by Gasteiger charge is 2.28. The van der Waals surface area contributed by atoms with E-state index in [1.165, 1.54) is 0 Å². The minimum atomic E-state index is -0.378. The molecule has 2 aromatic rings. The van der Waals surface area contributed by atoms with Gasteiger partial charge in [0.25, 0.3) is 11.6 Å². The molecule has 1 atom stereocenters. The van der Waals surface area contributed by atoms with E-state index in [2.05, 4.69) is 15.5 Å². The average Bonchev–Trinajstić information content (AvgIpc) is 3.30. The number of pyridine rings is 1. The summed E-state index contributed by atoms with van der Waals surface area (Å²) in [4.78, 5) is 17.0. The second kappa shape index (κ2) is 6.04. The molecule has 0 aromatic carbocycles. The lowest BCUT2D eigenvalue weighted by atomic mass is 10.1. The lowest BCUT2D eigenvalue weighted by Gasteiger charge is -2.10. The van der Waals surface area contributed by atoms with Gasteiger partial charge in [-0.05, 0) is 38.7 Å². The molecule has 3 rings (SSSR count). The fraction of sp³-hybridized carbons (Fsp3) is 0.562. The van der Waals surface area contributed by atoms with E-state index in [0.29, 0.717) is 47.7 Å². The number of carbonyl (C=O) groups excluding carboxylic acids is 1. The summed E-state index contributed by atoms with van der Waals surface area (Å²) in [5.41, 5.74) is 2.57. The molecule has 0 bridgehead atoms. The van der Waals surface area contributed by atoms with Crippen molar-refractivity contribution in [3.05, 3.63) is 23.0 Å². The van der Waals surface area contributed by atoms with Crippen LogP contribution < -0.4 is 5.32 Å². The highest BCUT2D eigenvalue weighted by Crippen LogP contribution is 2.40. The van der Waals surface area contributed by atoms with E-state index in [1.54, 1.807) is 0 Å². The van der Waals surface area contributed by atoms with E-state index in [0.717, 1.165) is 18.5 Å². The largest absolute Gasteiger partial charge is 0.393 e. The molecule has 118 valence electrons. The number of aliphatic hydroxyl groups is 1. The monoisotopic (exact) mass is 303 g/mol. The number of rotatable bonds is 6. The van der Waals surface area contributed by atoms with E-state index in [9.17, 15) is 9.90 Å². The second-order valence-corrected chi connectivity index (χ2v) is 5.92. The van der Waals surface area contributed by atoms with Gasteiger partial charge in [0.2, 0.25) is 0 Å². The highest BCUT2D eigenvalue weighted by molar-refractivity contribution is 6.06. The first-order chi connectivity index (χ1) is 10.6. The van der Waals surface area contributed by atoms with Gasteiger partial charge < -0.3 is 14.9 Å². The lowest BCUT2D eigenvalue weighted by molar-refractivity contribution is 0.0943. The first kappa shape index (κ1) is 15.0. The van der Waals surface area contributed by atoms with Crippen LogP contribution in [0, 0.1) is 6.92 Å². The number of nitrogens with one attached hydrogen (secondary N) is 1. The summed E-state index contributed by atoms with van der Waals surface area (Å²) in [6, 6.07) is 1.86. The van der Waals surface area contributed by atoms with Crippen molar-refractivity contribution in [3.63, 3.8) is 0 Å². The third kappa shape index (κ3) is 2.97. The lowest BCUT2D eigenvalue weighted by Crippen LogP contribution is -2.27. The van der Waals surface area contributed by atoms with Crippen molar-refractivity contribution in [1.29, 1.82) is 0 Å². The normalized spacial score (nSPS) is 16.0. The molecule has 0 radical (unpaired) electrons. The fourth-order valence-electron chi connectivity index (χ4n) is 2.53. The van der Waals surface area contributed by atoms with Crippen molar-refractivity contribution in [2.24, 2.45) is 0 Å². The molecule has 1 unspecified atom stereocenters. The second-order valence-electron chi connectivity index (χ2n) is 5.92. The molecule has 2 heterocycles. The standard InChI is InChI=1S/C16H21N3O3/c1-3-11(20)6-7-17-15(21)12-8-13(10-4-5-10)18-16-14(12)9(2)19-22-16/h8,10-11,20H,3-7H2,1-2H3,(H,17,21). The van der Waals surface area contributed by atoms with Crippen LogP contribution in [0.25, 0.3) is 11.1 Å². The molecule has 2 N–H and O–H groups in total. The first-order valence-electron chi connectivity index (χ1n) is 7.83. The fourth-order valence-corrected chi connectivity index (χ4v) is 2.53. The zero-order valence-corrected chi connectivity index (χ0v) is 12.9. The third-order valence-corrected chi connectivity index (χ3v) is 4.11. The molecule has 0 aliphatic heterocycles. The summed E-state index contributed by atoms with van der Waals surface area (Å²) < 4.78 is 5.24. The number of aryl methyl sites for hydroxylation is 1. The number of nitrogens with zero attached hydrogens (tertiary/aromatic N) is 2. The summed E-state index contributed by atoms with van der Waals surface area (Å²) in [6.07, 6.45) is 3.07. The van der Waals surface area contributed by atoms with Crippen LogP contribution in [-0.2, 0) is 0 Å². The maximum atomic E-state index is 12.5. The maximum Gasteiger partial charge on any atom is 0.259 e. The van der Waals surface area contributed by atoms with E-state index in [-0.39, 0.29) is 12.0 Å². The zero-order chi connectivity index (χ0) is 15.7. The molecule has 1 fully saturated rings. The van der Waals surface area contributed by atoms with Crippen LogP contribution in [-0.4, -0.2) is 33.8 Å². The predicted octanol–water partition coefficient (Wildman–Crippen LogP) is 2.30. The molecule has 6 heteroatoms. The van der Waals surface area contributed by atoms with E-state index < -0.39 is 0 Å². The van der Waals surface area contributed by atoms with Gasteiger partial charge in [-0.3, -0.25) is 4.79 Å². The Labute approximate surface area is 128 Å². The van der Waals surface area contributed by atoms with Crippen LogP contribution in [0.3, 0.4) is 0 Å². The molecular formula is C16H21N3O3. The van der Waals surface area contributed by atoms with Gasteiger partial charge in [0.1, 0.15) is 0 Å². The number of aromatic nitrogens is 2. The molecule has 1 saturated carbocycles. The number of amides is 1. The molecule has 2 aromatic heterocycles.